The Morgan fingerprint density at radius 1 is 1.42 bits per heavy atom. The molecular weight excluding hydrogens is 306 g/mol. The zero-order valence-corrected chi connectivity index (χ0v) is 12.6. The SMILES string of the molecule is CCNCc1cc(Br)ccc1OCCn1ccnc1. The molecule has 0 aliphatic carbocycles. The van der Waals surface area contributed by atoms with Gasteiger partial charge in [-0.15, -0.1) is 0 Å². The molecule has 102 valence electrons. The van der Waals surface area contributed by atoms with Crippen molar-refractivity contribution in [3.8, 4) is 5.75 Å². The van der Waals surface area contributed by atoms with Gasteiger partial charge in [0.05, 0.1) is 12.9 Å². The summed E-state index contributed by atoms with van der Waals surface area (Å²) in [6, 6.07) is 6.10. The van der Waals surface area contributed by atoms with Crippen molar-refractivity contribution in [3.63, 3.8) is 0 Å². The van der Waals surface area contributed by atoms with E-state index in [1.165, 1.54) is 5.56 Å². The number of nitrogens with one attached hydrogen (secondary N) is 1. The highest BCUT2D eigenvalue weighted by Gasteiger charge is 2.04. The average molecular weight is 324 g/mol. The first kappa shape index (κ1) is 14.1. The number of hydrogen-bond acceptors (Lipinski definition) is 3. The normalized spacial score (nSPS) is 10.6. The van der Waals surface area contributed by atoms with E-state index in [0.717, 1.165) is 29.9 Å². The Kier molecular flexibility index (Phi) is 5.42. The molecule has 1 aromatic carbocycles. The first-order valence-corrected chi connectivity index (χ1v) is 7.16. The monoisotopic (exact) mass is 323 g/mol. The molecule has 2 rings (SSSR count). The maximum Gasteiger partial charge on any atom is 0.123 e. The Morgan fingerprint density at radius 2 is 2.32 bits per heavy atom. The van der Waals surface area contributed by atoms with E-state index in [1.54, 1.807) is 12.5 Å². The molecule has 0 unspecified atom stereocenters. The van der Waals surface area contributed by atoms with Crippen LogP contribution in [0.15, 0.2) is 41.4 Å². The molecule has 2 aromatic rings. The van der Waals surface area contributed by atoms with Crippen LogP contribution in [-0.2, 0) is 13.1 Å². The molecule has 19 heavy (non-hydrogen) atoms. The largest absolute Gasteiger partial charge is 0.491 e. The highest BCUT2D eigenvalue weighted by molar-refractivity contribution is 9.10. The number of benzene rings is 1. The molecule has 1 heterocycles. The number of rotatable bonds is 7. The van der Waals surface area contributed by atoms with Gasteiger partial charge in [0.1, 0.15) is 12.4 Å². The smallest absolute Gasteiger partial charge is 0.123 e. The van der Waals surface area contributed by atoms with Crippen molar-refractivity contribution >= 4 is 15.9 Å². The first-order chi connectivity index (χ1) is 9.29. The van der Waals surface area contributed by atoms with Crippen molar-refractivity contribution in [3.05, 3.63) is 47.0 Å². The van der Waals surface area contributed by atoms with E-state index in [0.29, 0.717) is 6.61 Å². The van der Waals surface area contributed by atoms with E-state index in [-0.39, 0.29) is 0 Å². The second-order valence-corrected chi connectivity index (χ2v) is 5.10. The quantitative estimate of drug-likeness (QED) is 0.851. The molecule has 0 aliphatic heterocycles. The summed E-state index contributed by atoms with van der Waals surface area (Å²) in [5, 5.41) is 3.32. The third-order valence-corrected chi connectivity index (χ3v) is 3.25. The Bertz CT molecular complexity index is 499. The fourth-order valence-corrected chi connectivity index (χ4v) is 2.18. The van der Waals surface area contributed by atoms with Gasteiger partial charge < -0.3 is 14.6 Å². The van der Waals surface area contributed by atoms with Gasteiger partial charge in [-0.05, 0) is 24.7 Å². The van der Waals surface area contributed by atoms with Gasteiger partial charge >= 0.3 is 0 Å². The molecule has 0 saturated carbocycles. The highest BCUT2D eigenvalue weighted by atomic mass is 79.9. The number of ether oxygens (including phenoxy) is 1. The first-order valence-electron chi connectivity index (χ1n) is 6.37. The minimum atomic E-state index is 0.636. The maximum atomic E-state index is 5.85. The van der Waals surface area contributed by atoms with Crippen LogP contribution >= 0.6 is 15.9 Å². The highest BCUT2D eigenvalue weighted by Crippen LogP contribution is 2.23. The summed E-state index contributed by atoms with van der Waals surface area (Å²) in [7, 11) is 0. The van der Waals surface area contributed by atoms with Crippen molar-refractivity contribution in [1.82, 2.24) is 14.9 Å². The fourth-order valence-electron chi connectivity index (χ4n) is 1.77. The van der Waals surface area contributed by atoms with Crippen molar-refractivity contribution < 1.29 is 4.74 Å². The topological polar surface area (TPSA) is 39.1 Å². The lowest BCUT2D eigenvalue weighted by atomic mass is 10.2. The van der Waals surface area contributed by atoms with Gasteiger partial charge in [-0.1, -0.05) is 22.9 Å². The summed E-state index contributed by atoms with van der Waals surface area (Å²) < 4.78 is 8.93. The molecule has 1 aromatic heterocycles. The summed E-state index contributed by atoms with van der Waals surface area (Å²) in [4.78, 5) is 4.01. The number of nitrogens with zero attached hydrogens (tertiary/aromatic N) is 2. The molecule has 0 fully saturated rings. The number of aromatic nitrogens is 2. The predicted octanol–water partition coefficient (Wildman–Crippen LogP) is 2.83. The van der Waals surface area contributed by atoms with Crippen LogP contribution in [0.3, 0.4) is 0 Å². The van der Waals surface area contributed by atoms with Gasteiger partial charge in [0.15, 0.2) is 0 Å². The minimum Gasteiger partial charge on any atom is -0.491 e. The Labute approximate surface area is 121 Å². The van der Waals surface area contributed by atoms with Crippen LogP contribution in [0.4, 0.5) is 0 Å². The van der Waals surface area contributed by atoms with Gasteiger partial charge in [0.2, 0.25) is 0 Å². The molecule has 0 aliphatic rings. The molecule has 5 heteroatoms. The molecule has 0 saturated heterocycles. The minimum absolute atomic E-state index is 0.636. The molecule has 0 bridgehead atoms. The lowest BCUT2D eigenvalue weighted by Crippen LogP contribution is -2.14. The van der Waals surface area contributed by atoms with Crippen LogP contribution in [0.1, 0.15) is 12.5 Å². The van der Waals surface area contributed by atoms with Crippen LogP contribution in [0.2, 0.25) is 0 Å². The van der Waals surface area contributed by atoms with Crippen LogP contribution in [0.5, 0.6) is 5.75 Å². The molecule has 0 radical (unpaired) electrons. The van der Waals surface area contributed by atoms with Gasteiger partial charge in [-0.3, -0.25) is 0 Å². The molecule has 4 nitrogen and oxygen atoms in total. The molecule has 1 N–H and O–H groups in total. The summed E-state index contributed by atoms with van der Waals surface area (Å²) in [6.07, 6.45) is 5.51. The molecule has 0 amide bonds. The summed E-state index contributed by atoms with van der Waals surface area (Å²) in [5.41, 5.74) is 1.17. The average Bonchev–Trinajstić information content (AvgIpc) is 2.91. The van der Waals surface area contributed by atoms with Crippen molar-refractivity contribution in [2.75, 3.05) is 13.2 Å². The van der Waals surface area contributed by atoms with E-state index < -0.39 is 0 Å². The van der Waals surface area contributed by atoms with Crippen LogP contribution < -0.4 is 10.1 Å². The number of imidazole rings is 1. The van der Waals surface area contributed by atoms with Crippen molar-refractivity contribution in [2.24, 2.45) is 0 Å². The third kappa shape index (κ3) is 4.36. The predicted molar refractivity (Wildman–Crippen MR) is 79.2 cm³/mol. The standard InChI is InChI=1S/C14H18BrN3O/c1-2-16-10-12-9-13(15)3-4-14(12)19-8-7-18-6-5-17-11-18/h3-6,9,11,16H,2,7-8,10H2,1H3. The van der Waals surface area contributed by atoms with Gasteiger partial charge in [0, 0.05) is 29.0 Å². The summed E-state index contributed by atoms with van der Waals surface area (Å²) in [6.45, 7) is 5.29. The van der Waals surface area contributed by atoms with Gasteiger partial charge in [-0.25, -0.2) is 4.98 Å². The van der Waals surface area contributed by atoms with Crippen molar-refractivity contribution in [2.45, 2.75) is 20.0 Å². The lowest BCUT2D eigenvalue weighted by Gasteiger charge is -2.12. The van der Waals surface area contributed by atoms with E-state index in [1.807, 2.05) is 22.9 Å². The summed E-state index contributed by atoms with van der Waals surface area (Å²) >= 11 is 3.49. The summed E-state index contributed by atoms with van der Waals surface area (Å²) in [5.74, 6) is 0.935. The van der Waals surface area contributed by atoms with Crippen LogP contribution in [-0.4, -0.2) is 22.7 Å². The van der Waals surface area contributed by atoms with Crippen LogP contribution in [0, 0.1) is 0 Å². The lowest BCUT2D eigenvalue weighted by molar-refractivity contribution is 0.294. The fraction of sp³-hybridized carbons (Fsp3) is 0.357. The number of halogens is 1. The second kappa shape index (κ2) is 7.31. The van der Waals surface area contributed by atoms with Gasteiger partial charge in [-0.2, -0.15) is 0 Å². The third-order valence-electron chi connectivity index (χ3n) is 2.75. The Hall–Kier alpha value is -1.33. The second-order valence-electron chi connectivity index (χ2n) is 4.18. The van der Waals surface area contributed by atoms with E-state index in [2.05, 4.69) is 39.2 Å². The van der Waals surface area contributed by atoms with E-state index >= 15 is 0 Å². The van der Waals surface area contributed by atoms with Crippen LogP contribution in [0.25, 0.3) is 0 Å². The maximum absolute atomic E-state index is 5.85. The van der Waals surface area contributed by atoms with Crippen molar-refractivity contribution in [1.29, 1.82) is 0 Å². The zero-order chi connectivity index (χ0) is 13.5. The van der Waals surface area contributed by atoms with E-state index in [9.17, 15) is 0 Å². The zero-order valence-electron chi connectivity index (χ0n) is 11.0. The van der Waals surface area contributed by atoms with E-state index in [4.69, 9.17) is 4.74 Å². The van der Waals surface area contributed by atoms with Gasteiger partial charge in [0.25, 0.3) is 0 Å². The molecular formula is C14H18BrN3O. The Balaban J connectivity index is 1.94. The molecule has 0 spiro atoms. The number of hydrogen-bond donors (Lipinski definition) is 1. The Morgan fingerprint density at radius 3 is 3.05 bits per heavy atom. The molecule has 0 atom stereocenters.